The Bertz CT molecular complexity index is 650. The van der Waals surface area contributed by atoms with Crippen molar-refractivity contribution >= 4 is 17.7 Å². The van der Waals surface area contributed by atoms with Crippen LogP contribution in [0.3, 0.4) is 0 Å². The number of hydrogen-bond donors (Lipinski definition) is 2. The Labute approximate surface area is 133 Å². The summed E-state index contributed by atoms with van der Waals surface area (Å²) < 4.78 is 5.25. The van der Waals surface area contributed by atoms with E-state index in [1.165, 1.54) is 6.07 Å². The highest BCUT2D eigenvalue weighted by Crippen LogP contribution is 2.12. The van der Waals surface area contributed by atoms with Crippen LogP contribution in [0.15, 0.2) is 39.7 Å². The summed E-state index contributed by atoms with van der Waals surface area (Å²) in [5.41, 5.74) is 0.953. The maximum atomic E-state index is 12.0. The fourth-order valence-corrected chi connectivity index (χ4v) is 2.83. The Morgan fingerprint density at radius 1 is 1.41 bits per heavy atom. The van der Waals surface area contributed by atoms with Gasteiger partial charge in [-0.2, -0.15) is 11.8 Å². The van der Waals surface area contributed by atoms with Gasteiger partial charge in [0.15, 0.2) is 0 Å². The van der Waals surface area contributed by atoms with Gasteiger partial charge in [0.1, 0.15) is 5.76 Å². The molecule has 2 rings (SSSR count). The van der Waals surface area contributed by atoms with E-state index in [0.29, 0.717) is 18.5 Å². The normalized spacial score (nSPS) is 10.6. The molecule has 0 saturated heterocycles. The number of carbonyl (C=O) groups excluding carboxylic acids is 1. The standard InChI is InChI=1S/C16H20N2O3S/c1-2-13-9-12(10-15(19)18-13)16(20)17-6-4-8-22-11-14-5-3-7-21-14/h3,5,7,9-10H,2,4,6,8,11H2,1H3,(H,17,20)(H,18,19). The van der Waals surface area contributed by atoms with E-state index in [1.807, 2.05) is 19.1 Å². The molecule has 0 atom stereocenters. The molecule has 0 saturated carbocycles. The van der Waals surface area contributed by atoms with Crippen LogP contribution >= 0.6 is 11.8 Å². The van der Waals surface area contributed by atoms with Gasteiger partial charge in [0.25, 0.3) is 5.91 Å². The summed E-state index contributed by atoms with van der Waals surface area (Å²) >= 11 is 1.77. The summed E-state index contributed by atoms with van der Waals surface area (Å²) in [6, 6.07) is 6.89. The zero-order valence-corrected chi connectivity index (χ0v) is 13.4. The van der Waals surface area contributed by atoms with Crippen LogP contribution in [0.25, 0.3) is 0 Å². The molecule has 0 spiro atoms. The molecule has 0 unspecified atom stereocenters. The fourth-order valence-electron chi connectivity index (χ4n) is 1.97. The van der Waals surface area contributed by atoms with Crippen molar-refractivity contribution < 1.29 is 9.21 Å². The molecule has 118 valence electrons. The largest absolute Gasteiger partial charge is 0.468 e. The number of H-pyrrole nitrogens is 1. The number of pyridine rings is 1. The number of amides is 1. The monoisotopic (exact) mass is 320 g/mol. The second-order valence-electron chi connectivity index (χ2n) is 4.85. The van der Waals surface area contributed by atoms with Crippen molar-refractivity contribution in [2.45, 2.75) is 25.5 Å². The fraction of sp³-hybridized carbons (Fsp3) is 0.375. The first kappa shape index (κ1) is 16.4. The van der Waals surface area contributed by atoms with Gasteiger partial charge in [0.2, 0.25) is 5.56 Å². The molecule has 0 aromatic carbocycles. The van der Waals surface area contributed by atoms with Crippen LogP contribution in [0.1, 0.15) is 35.2 Å². The van der Waals surface area contributed by atoms with Crippen molar-refractivity contribution in [1.82, 2.24) is 10.3 Å². The van der Waals surface area contributed by atoms with Gasteiger partial charge >= 0.3 is 0 Å². The third-order valence-electron chi connectivity index (χ3n) is 3.12. The molecular formula is C16H20N2O3S. The van der Waals surface area contributed by atoms with Gasteiger partial charge in [0, 0.05) is 23.9 Å². The Morgan fingerprint density at radius 2 is 2.27 bits per heavy atom. The van der Waals surface area contributed by atoms with E-state index in [9.17, 15) is 9.59 Å². The zero-order valence-electron chi connectivity index (χ0n) is 12.6. The molecule has 2 aromatic rings. The highest BCUT2D eigenvalue weighted by molar-refractivity contribution is 7.98. The highest BCUT2D eigenvalue weighted by Gasteiger charge is 2.07. The van der Waals surface area contributed by atoms with E-state index in [0.717, 1.165) is 29.4 Å². The molecule has 2 heterocycles. The minimum Gasteiger partial charge on any atom is -0.468 e. The first-order chi connectivity index (χ1) is 10.7. The SMILES string of the molecule is CCc1cc(C(=O)NCCCSCc2ccco2)cc(=O)[nH]1. The van der Waals surface area contributed by atoms with E-state index in [2.05, 4.69) is 10.3 Å². The van der Waals surface area contributed by atoms with Gasteiger partial charge in [-0.15, -0.1) is 0 Å². The smallest absolute Gasteiger partial charge is 0.251 e. The van der Waals surface area contributed by atoms with E-state index >= 15 is 0 Å². The molecule has 0 bridgehead atoms. The molecule has 1 amide bonds. The second kappa shape index (κ2) is 8.48. The number of aryl methyl sites for hydroxylation is 1. The Morgan fingerprint density at radius 3 is 3.00 bits per heavy atom. The summed E-state index contributed by atoms with van der Waals surface area (Å²) in [7, 11) is 0. The van der Waals surface area contributed by atoms with Crippen LogP contribution in [-0.2, 0) is 12.2 Å². The third-order valence-corrected chi connectivity index (χ3v) is 4.18. The lowest BCUT2D eigenvalue weighted by atomic mass is 10.2. The van der Waals surface area contributed by atoms with Crippen molar-refractivity contribution in [3.8, 4) is 0 Å². The summed E-state index contributed by atoms with van der Waals surface area (Å²) in [6.45, 7) is 2.53. The number of rotatable bonds is 8. The zero-order chi connectivity index (χ0) is 15.8. The molecule has 2 N–H and O–H groups in total. The lowest BCUT2D eigenvalue weighted by molar-refractivity contribution is 0.0953. The summed E-state index contributed by atoms with van der Waals surface area (Å²) in [4.78, 5) is 26.2. The minimum absolute atomic E-state index is 0.197. The first-order valence-corrected chi connectivity index (χ1v) is 8.46. The minimum atomic E-state index is -0.237. The molecule has 5 nitrogen and oxygen atoms in total. The van der Waals surface area contributed by atoms with Crippen LogP contribution in [0.4, 0.5) is 0 Å². The van der Waals surface area contributed by atoms with Gasteiger partial charge < -0.3 is 14.7 Å². The maximum absolute atomic E-state index is 12.0. The molecule has 0 radical (unpaired) electrons. The molecular weight excluding hydrogens is 300 g/mol. The number of thioether (sulfide) groups is 1. The average Bonchev–Trinajstić information content (AvgIpc) is 3.03. The highest BCUT2D eigenvalue weighted by atomic mass is 32.2. The van der Waals surface area contributed by atoms with Crippen LogP contribution in [0.2, 0.25) is 0 Å². The molecule has 22 heavy (non-hydrogen) atoms. The Balaban J connectivity index is 1.69. The summed E-state index contributed by atoms with van der Waals surface area (Å²) in [5, 5.41) is 2.84. The Kier molecular flexibility index (Phi) is 6.33. The molecule has 6 heteroatoms. The first-order valence-electron chi connectivity index (χ1n) is 7.30. The number of hydrogen-bond acceptors (Lipinski definition) is 4. The molecule has 0 fully saturated rings. The topological polar surface area (TPSA) is 75.1 Å². The van der Waals surface area contributed by atoms with Crippen LogP contribution < -0.4 is 10.9 Å². The van der Waals surface area contributed by atoms with Crippen molar-refractivity contribution in [3.63, 3.8) is 0 Å². The van der Waals surface area contributed by atoms with Gasteiger partial charge in [-0.3, -0.25) is 9.59 Å². The van der Waals surface area contributed by atoms with Gasteiger partial charge in [-0.25, -0.2) is 0 Å². The van der Waals surface area contributed by atoms with E-state index in [1.54, 1.807) is 24.1 Å². The van der Waals surface area contributed by atoms with Crippen molar-refractivity contribution in [2.75, 3.05) is 12.3 Å². The molecule has 0 aliphatic rings. The lowest BCUT2D eigenvalue weighted by Crippen LogP contribution is -2.26. The van der Waals surface area contributed by atoms with Crippen LogP contribution in [0.5, 0.6) is 0 Å². The van der Waals surface area contributed by atoms with E-state index in [4.69, 9.17) is 4.42 Å². The number of aromatic amines is 1. The maximum Gasteiger partial charge on any atom is 0.251 e. The number of carbonyl (C=O) groups is 1. The second-order valence-corrected chi connectivity index (χ2v) is 5.96. The quantitative estimate of drug-likeness (QED) is 0.733. The lowest BCUT2D eigenvalue weighted by Gasteiger charge is -2.06. The number of furan rings is 1. The van der Waals surface area contributed by atoms with Crippen molar-refractivity contribution in [3.05, 3.63) is 57.9 Å². The van der Waals surface area contributed by atoms with Crippen molar-refractivity contribution in [1.29, 1.82) is 0 Å². The predicted octanol–water partition coefficient (Wildman–Crippen LogP) is 2.58. The molecule has 0 aliphatic heterocycles. The molecule has 0 aliphatic carbocycles. The van der Waals surface area contributed by atoms with Gasteiger partial charge in [-0.05, 0) is 36.8 Å². The van der Waals surface area contributed by atoms with Crippen LogP contribution in [-0.4, -0.2) is 23.2 Å². The number of aromatic nitrogens is 1. The van der Waals surface area contributed by atoms with E-state index in [-0.39, 0.29) is 11.5 Å². The third kappa shape index (κ3) is 5.11. The summed E-state index contributed by atoms with van der Waals surface area (Å²) in [6.07, 6.45) is 3.24. The molecule has 2 aromatic heterocycles. The van der Waals surface area contributed by atoms with E-state index < -0.39 is 0 Å². The average molecular weight is 320 g/mol. The predicted molar refractivity (Wildman–Crippen MR) is 88.3 cm³/mol. The van der Waals surface area contributed by atoms with Gasteiger partial charge in [0.05, 0.1) is 12.0 Å². The summed E-state index contributed by atoms with van der Waals surface area (Å²) in [5.74, 6) is 2.55. The van der Waals surface area contributed by atoms with Crippen molar-refractivity contribution in [2.24, 2.45) is 0 Å². The van der Waals surface area contributed by atoms with Crippen LogP contribution in [0, 0.1) is 0 Å². The number of nitrogens with one attached hydrogen (secondary N) is 2. The Hall–Kier alpha value is -1.95. The van der Waals surface area contributed by atoms with Gasteiger partial charge in [-0.1, -0.05) is 6.92 Å².